The smallest absolute Gasteiger partial charge is 0.292 e. The van der Waals surface area contributed by atoms with Gasteiger partial charge in [-0.3, -0.25) is 9.59 Å². The fraction of sp³-hybridized carbons (Fsp3) is 0.875. The Morgan fingerprint density at radius 1 is 1.10 bits per heavy atom. The van der Waals surface area contributed by atoms with Crippen LogP contribution in [-0.2, 0) is 14.3 Å². The van der Waals surface area contributed by atoms with Gasteiger partial charge in [0.2, 0.25) is 5.78 Å². The van der Waals surface area contributed by atoms with Crippen LogP contribution in [0.1, 0.15) is 64.7 Å². The van der Waals surface area contributed by atoms with E-state index in [-0.39, 0.29) is 23.8 Å². The van der Waals surface area contributed by atoms with Crippen LogP contribution in [0.15, 0.2) is 0 Å². The molecule has 2 fully saturated rings. The second-order valence-corrected chi connectivity index (χ2v) is 6.02. The maximum atomic E-state index is 12.3. The lowest BCUT2D eigenvalue weighted by Gasteiger charge is -2.25. The van der Waals surface area contributed by atoms with E-state index in [1.165, 1.54) is 0 Å². The first-order valence-electron chi connectivity index (χ1n) is 8.20. The molecule has 114 valence electrons. The van der Waals surface area contributed by atoms with Gasteiger partial charge in [-0.05, 0) is 32.1 Å². The molecule has 2 aliphatic rings. The number of hydrogen-bond acceptors (Lipinski definition) is 3. The van der Waals surface area contributed by atoms with E-state index in [0.717, 1.165) is 57.8 Å². The first-order chi connectivity index (χ1) is 9.74. The molecule has 1 aliphatic carbocycles. The summed E-state index contributed by atoms with van der Waals surface area (Å²) in [5, 5.41) is 0. The van der Waals surface area contributed by atoms with Gasteiger partial charge in [-0.25, -0.2) is 0 Å². The zero-order valence-electron chi connectivity index (χ0n) is 12.6. The van der Waals surface area contributed by atoms with Gasteiger partial charge >= 0.3 is 0 Å². The zero-order valence-corrected chi connectivity index (χ0v) is 12.6. The maximum Gasteiger partial charge on any atom is 0.292 e. The van der Waals surface area contributed by atoms with Crippen molar-refractivity contribution in [2.75, 3.05) is 13.2 Å². The van der Waals surface area contributed by atoms with Gasteiger partial charge in [0.05, 0.1) is 0 Å². The van der Waals surface area contributed by atoms with Crippen molar-refractivity contribution in [3.63, 3.8) is 0 Å². The molecule has 0 aromatic heterocycles. The van der Waals surface area contributed by atoms with Crippen LogP contribution in [0.4, 0.5) is 0 Å². The second-order valence-electron chi connectivity index (χ2n) is 6.02. The summed E-state index contributed by atoms with van der Waals surface area (Å²) in [6, 6.07) is 0. The maximum absolute atomic E-state index is 12.3. The number of nitrogens with zero attached hydrogens (tertiary/aromatic N) is 1. The van der Waals surface area contributed by atoms with E-state index in [4.69, 9.17) is 4.74 Å². The highest BCUT2D eigenvalue weighted by Crippen LogP contribution is 2.27. The molecule has 0 N–H and O–H groups in total. The van der Waals surface area contributed by atoms with Crippen LogP contribution in [0.5, 0.6) is 0 Å². The molecule has 4 heteroatoms. The monoisotopic (exact) mass is 281 g/mol. The number of unbranched alkanes of at least 4 members (excludes halogenated alkanes) is 2. The van der Waals surface area contributed by atoms with Gasteiger partial charge in [-0.15, -0.1) is 0 Å². The number of carbonyl (C=O) groups excluding carboxylic acids is 2. The highest BCUT2D eigenvalue weighted by Gasteiger charge is 2.36. The van der Waals surface area contributed by atoms with Crippen LogP contribution < -0.4 is 0 Å². The Morgan fingerprint density at radius 3 is 2.55 bits per heavy atom. The van der Waals surface area contributed by atoms with E-state index >= 15 is 0 Å². The van der Waals surface area contributed by atoms with Crippen molar-refractivity contribution in [1.82, 2.24) is 4.90 Å². The Morgan fingerprint density at radius 2 is 1.85 bits per heavy atom. The van der Waals surface area contributed by atoms with E-state index in [9.17, 15) is 9.59 Å². The van der Waals surface area contributed by atoms with Crippen LogP contribution in [0.2, 0.25) is 0 Å². The van der Waals surface area contributed by atoms with Crippen molar-refractivity contribution in [1.29, 1.82) is 0 Å². The van der Waals surface area contributed by atoms with E-state index in [1.54, 1.807) is 4.90 Å². The second kappa shape index (κ2) is 7.77. The van der Waals surface area contributed by atoms with Crippen molar-refractivity contribution in [2.24, 2.45) is 5.92 Å². The average molecular weight is 281 g/mol. The number of ether oxygens (including phenoxy) is 1. The molecule has 1 atom stereocenters. The van der Waals surface area contributed by atoms with Crippen LogP contribution in [0, 0.1) is 5.92 Å². The van der Waals surface area contributed by atoms with Crippen molar-refractivity contribution >= 4 is 11.7 Å². The minimum absolute atomic E-state index is 0.0242. The number of carbonyl (C=O) groups is 2. The highest BCUT2D eigenvalue weighted by molar-refractivity contribution is 6.37. The van der Waals surface area contributed by atoms with Gasteiger partial charge < -0.3 is 9.64 Å². The fourth-order valence-corrected chi connectivity index (χ4v) is 3.22. The number of hydrogen-bond donors (Lipinski definition) is 0. The topological polar surface area (TPSA) is 46.6 Å². The molecule has 1 heterocycles. The number of amides is 1. The molecule has 0 bridgehead atoms. The summed E-state index contributed by atoms with van der Waals surface area (Å²) in [6.45, 7) is 3.53. The summed E-state index contributed by atoms with van der Waals surface area (Å²) in [5.74, 6) is -0.495. The SMILES string of the molecule is CCCCCOC1CCCN1C(=O)C(=O)C1CCCC1. The highest BCUT2D eigenvalue weighted by atomic mass is 16.5. The summed E-state index contributed by atoms with van der Waals surface area (Å²) < 4.78 is 5.80. The van der Waals surface area contributed by atoms with Crippen LogP contribution in [0.25, 0.3) is 0 Å². The number of rotatable bonds is 7. The van der Waals surface area contributed by atoms with Gasteiger partial charge in [0.15, 0.2) is 0 Å². The normalized spacial score (nSPS) is 23.4. The van der Waals surface area contributed by atoms with Gasteiger partial charge in [0.25, 0.3) is 5.91 Å². The Kier molecular flexibility index (Phi) is 6.02. The van der Waals surface area contributed by atoms with Gasteiger partial charge in [-0.1, -0.05) is 32.6 Å². The predicted molar refractivity (Wildman–Crippen MR) is 77.2 cm³/mol. The minimum atomic E-state index is -0.296. The molecule has 0 aromatic carbocycles. The minimum Gasteiger partial charge on any atom is -0.358 e. The summed E-state index contributed by atoms with van der Waals surface area (Å²) in [4.78, 5) is 26.2. The first kappa shape index (κ1) is 15.5. The van der Waals surface area contributed by atoms with E-state index in [2.05, 4.69) is 6.92 Å². The van der Waals surface area contributed by atoms with Gasteiger partial charge in [0.1, 0.15) is 6.23 Å². The quantitative estimate of drug-likeness (QED) is 0.532. The first-order valence-corrected chi connectivity index (χ1v) is 8.20. The Bertz CT molecular complexity index is 337. The van der Waals surface area contributed by atoms with Crippen molar-refractivity contribution in [2.45, 2.75) is 70.9 Å². The Labute approximate surface area is 121 Å². The van der Waals surface area contributed by atoms with Crippen LogP contribution in [0.3, 0.4) is 0 Å². The molecular formula is C16H27NO3. The lowest BCUT2D eigenvalue weighted by molar-refractivity contribution is -0.153. The molecule has 2 rings (SSSR count). The molecule has 1 saturated heterocycles. The lowest BCUT2D eigenvalue weighted by atomic mass is 10.0. The third-order valence-electron chi connectivity index (χ3n) is 4.45. The van der Waals surface area contributed by atoms with E-state index < -0.39 is 0 Å². The van der Waals surface area contributed by atoms with Crippen LogP contribution in [-0.4, -0.2) is 36.0 Å². The summed E-state index contributed by atoms with van der Waals surface area (Å²) in [6.07, 6.45) is 8.95. The Balaban J connectivity index is 1.82. The molecule has 1 unspecified atom stereocenters. The summed E-state index contributed by atoms with van der Waals surface area (Å²) in [7, 11) is 0. The molecular weight excluding hydrogens is 254 g/mol. The zero-order chi connectivity index (χ0) is 14.4. The third kappa shape index (κ3) is 3.81. The van der Waals surface area contributed by atoms with Crippen molar-refractivity contribution < 1.29 is 14.3 Å². The van der Waals surface area contributed by atoms with Gasteiger partial charge in [0, 0.05) is 19.1 Å². The molecule has 0 radical (unpaired) electrons. The molecule has 1 aliphatic heterocycles. The lowest BCUT2D eigenvalue weighted by Crippen LogP contribution is -2.43. The van der Waals surface area contributed by atoms with Crippen molar-refractivity contribution in [3.05, 3.63) is 0 Å². The largest absolute Gasteiger partial charge is 0.358 e. The number of Topliss-reactive ketones (excluding diaryl/α,β-unsaturated/α-hetero) is 1. The van der Waals surface area contributed by atoms with Crippen molar-refractivity contribution in [3.8, 4) is 0 Å². The molecule has 20 heavy (non-hydrogen) atoms. The Hall–Kier alpha value is -0.900. The van der Waals surface area contributed by atoms with E-state index in [1.807, 2.05) is 0 Å². The van der Waals surface area contributed by atoms with Crippen LogP contribution >= 0.6 is 0 Å². The fourth-order valence-electron chi connectivity index (χ4n) is 3.22. The van der Waals surface area contributed by atoms with Gasteiger partial charge in [-0.2, -0.15) is 0 Å². The molecule has 0 aromatic rings. The summed E-state index contributed by atoms with van der Waals surface area (Å²) in [5.41, 5.74) is 0. The predicted octanol–water partition coefficient (Wildman–Crippen LogP) is 2.90. The molecule has 1 amide bonds. The number of likely N-dealkylation sites (tertiary alicyclic amines) is 1. The van der Waals surface area contributed by atoms with E-state index in [0.29, 0.717) is 13.2 Å². The average Bonchev–Trinajstić information content (AvgIpc) is 3.13. The third-order valence-corrected chi connectivity index (χ3v) is 4.45. The standard InChI is InChI=1S/C16H27NO3/c1-2-3-6-12-20-14-10-7-11-17(14)16(19)15(18)13-8-4-5-9-13/h13-14H,2-12H2,1H3. The molecule has 0 spiro atoms. The molecule has 4 nitrogen and oxygen atoms in total. The number of ketones is 1. The molecule has 1 saturated carbocycles. The summed E-state index contributed by atoms with van der Waals surface area (Å²) >= 11 is 0.